The Morgan fingerprint density at radius 2 is 1.82 bits per heavy atom. The molecule has 3 aromatic rings. The first-order chi connectivity index (χ1) is 22.0. The zero-order valence-electron chi connectivity index (χ0n) is 25.3. The van der Waals surface area contributed by atoms with Crippen LogP contribution in [-0.4, -0.2) is 81.8 Å². The number of hydrogen-bond donors (Lipinski definition) is 1. The molecule has 1 saturated carbocycles. The maximum Gasteiger partial charge on any atom is 0.416 e. The molecular weight excluding hydrogens is 576 g/mol. The van der Waals surface area contributed by atoms with Crippen LogP contribution >= 0.6 is 0 Å². The second kappa shape index (κ2) is 12.3. The molecule has 12 heteroatoms. The first-order valence-electron chi connectivity index (χ1n) is 15.3. The molecule has 45 heavy (non-hydrogen) atoms. The van der Waals surface area contributed by atoms with Crippen molar-refractivity contribution in [3.63, 3.8) is 0 Å². The van der Waals surface area contributed by atoms with Crippen molar-refractivity contribution in [1.82, 2.24) is 10.3 Å². The minimum absolute atomic E-state index is 0.0684. The Bertz CT molecular complexity index is 1610. The molecule has 0 bridgehead atoms. The van der Waals surface area contributed by atoms with Crippen molar-refractivity contribution in [2.75, 3.05) is 55.2 Å². The molecule has 12 nitrogen and oxygen atoms in total. The average molecular weight is 613 g/mol. The van der Waals surface area contributed by atoms with Crippen LogP contribution in [0, 0.1) is 0 Å². The number of nitrogens with one attached hydrogen (secondary N) is 1. The summed E-state index contributed by atoms with van der Waals surface area (Å²) in [6, 6.07) is 17.1. The molecule has 2 amide bonds. The SMILES string of the molecule is COc1ccc(CN2C(=O)COc3ccc(N4C(=O)O[C@@H]5C[C@@H](NCCN6CC=Nc7ccc(OC)cc76)CC[C@@H]54)nc32)cc1. The maximum absolute atomic E-state index is 13.2. The van der Waals surface area contributed by atoms with Crippen molar-refractivity contribution in [2.24, 2.45) is 4.99 Å². The van der Waals surface area contributed by atoms with Gasteiger partial charge >= 0.3 is 6.09 Å². The van der Waals surface area contributed by atoms with E-state index in [1.165, 1.54) is 0 Å². The minimum Gasteiger partial charge on any atom is -0.497 e. The Balaban J connectivity index is 0.999. The summed E-state index contributed by atoms with van der Waals surface area (Å²) in [5, 5.41) is 3.68. The molecule has 0 radical (unpaired) electrons. The lowest BCUT2D eigenvalue weighted by Gasteiger charge is -2.34. The first kappa shape index (κ1) is 28.9. The molecule has 1 aliphatic carbocycles. The summed E-state index contributed by atoms with van der Waals surface area (Å²) in [5.74, 6) is 2.71. The summed E-state index contributed by atoms with van der Waals surface area (Å²) < 4.78 is 22.2. The molecule has 7 rings (SSSR count). The molecule has 1 saturated heterocycles. The van der Waals surface area contributed by atoms with Crippen LogP contribution in [-0.2, 0) is 16.1 Å². The molecule has 0 spiro atoms. The van der Waals surface area contributed by atoms with E-state index in [4.69, 9.17) is 23.9 Å². The quantitative estimate of drug-likeness (QED) is 0.381. The number of aromatic nitrogens is 1. The fourth-order valence-electron chi connectivity index (χ4n) is 6.53. The number of amides is 2. The normalized spacial score (nSPS) is 21.9. The highest BCUT2D eigenvalue weighted by Gasteiger charge is 2.47. The summed E-state index contributed by atoms with van der Waals surface area (Å²) in [6.45, 7) is 2.60. The van der Waals surface area contributed by atoms with E-state index in [1.54, 1.807) is 36.2 Å². The topological polar surface area (TPSA) is 118 Å². The molecule has 2 fully saturated rings. The van der Waals surface area contributed by atoms with E-state index in [9.17, 15) is 9.59 Å². The number of methoxy groups -OCH3 is 2. The van der Waals surface area contributed by atoms with Crippen molar-refractivity contribution in [3.05, 3.63) is 60.2 Å². The molecule has 4 aliphatic rings. The van der Waals surface area contributed by atoms with Gasteiger partial charge < -0.3 is 29.2 Å². The van der Waals surface area contributed by atoms with E-state index < -0.39 is 6.09 Å². The Labute approximate surface area is 261 Å². The summed E-state index contributed by atoms with van der Waals surface area (Å²) in [6.07, 6.45) is 3.66. The van der Waals surface area contributed by atoms with Gasteiger partial charge in [-0.3, -0.25) is 19.6 Å². The van der Waals surface area contributed by atoms with Crippen molar-refractivity contribution in [3.8, 4) is 17.2 Å². The molecule has 2 aromatic carbocycles. The standard InChI is InChI=1S/C33H36N6O6/c1-42-23-6-3-21(4-7-23)19-38-31(40)20-44-28-11-12-30(36-32(28)38)39-26-10-5-22(17-29(26)45-33(39)41)34-13-15-37-16-14-35-25-9-8-24(43-2)18-27(25)37/h3-4,6-9,11-12,14,18,22,26,29,34H,5,10,13,15-17,19-20H2,1-2H3/t22-,26-,29+/m0/s1. The molecule has 0 unspecified atom stereocenters. The minimum atomic E-state index is -0.416. The van der Waals surface area contributed by atoms with E-state index in [-0.39, 0.29) is 30.7 Å². The highest BCUT2D eigenvalue weighted by molar-refractivity contribution is 5.97. The summed E-state index contributed by atoms with van der Waals surface area (Å²) >= 11 is 0. The van der Waals surface area contributed by atoms with Crippen molar-refractivity contribution in [2.45, 2.75) is 44.0 Å². The largest absolute Gasteiger partial charge is 0.497 e. The van der Waals surface area contributed by atoms with Crippen molar-refractivity contribution >= 4 is 41.2 Å². The first-order valence-corrected chi connectivity index (χ1v) is 15.3. The number of aliphatic imine (C=N–C) groups is 1. The molecule has 1 aromatic heterocycles. The van der Waals surface area contributed by atoms with Gasteiger partial charge in [0.05, 0.1) is 44.7 Å². The van der Waals surface area contributed by atoms with E-state index in [0.29, 0.717) is 23.9 Å². The number of carbonyl (C=O) groups excluding carboxylic acids is 2. The van der Waals surface area contributed by atoms with Crippen molar-refractivity contribution in [1.29, 1.82) is 0 Å². The van der Waals surface area contributed by atoms with Gasteiger partial charge in [0.25, 0.3) is 5.91 Å². The number of nitrogens with zero attached hydrogens (tertiary/aromatic N) is 5. The predicted octanol–water partition coefficient (Wildman–Crippen LogP) is 4.08. The molecule has 234 valence electrons. The van der Waals surface area contributed by atoms with Gasteiger partial charge in [-0.15, -0.1) is 0 Å². The van der Waals surface area contributed by atoms with E-state index in [0.717, 1.165) is 67.3 Å². The Kier molecular flexibility index (Phi) is 7.88. The van der Waals surface area contributed by atoms with Gasteiger partial charge in [-0.05, 0) is 54.8 Å². The molecule has 3 atom stereocenters. The van der Waals surface area contributed by atoms with Gasteiger partial charge in [0.15, 0.2) is 18.2 Å². The van der Waals surface area contributed by atoms with Crippen LogP contribution in [0.4, 0.5) is 27.8 Å². The summed E-state index contributed by atoms with van der Waals surface area (Å²) in [5.41, 5.74) is 2.93. The number of ether oxygens (including phenoxy) is 4. The third-order valence-corrected chi connectivity index (χ3v) is 8.89. The third kappa shape index (κ3) is 5.73. The lowest BCUT2D eigenvalue weighted by atomic mass is 9.88. The fraction of sp³-hybridized carbons (Fsp3) is 0.394. The Morgan fingerprint density at radius 1 is 1.00 bits per heavy atom. The van der Waals surface area contributed by atoms with Crippen LogP contribution in [0.1, 0.15) is 24.8 Å². The number of anilines is 3. The van der Waals surface area contributed by atoms with Crippen LogP contribution in [0.5, 0.6) is 17.2 Å². The third-order valence-electron chi connectivity index (χ3n) is 8.89. The van der Waals surface area contributed by atoms with Gasteiger partial charge in [-0.2, -0.15) is 0 Å². The maximum atomic E-state index is 13.2. The van der Waals surface area contributed by atoms with Crippen LogP contribution in [0.3, 0.4) is 0 Å². The number of benzene rings is 2. The summed E-state index contributed by atoms with van der Waals surface area (Å²) in [7, 11) is 3.28. The zero-order chi connectivity index (χ0) is 30.9. The average Bonchev–Trinajstić information content (AvgIpc) is 3.40. The van der Waals surface area contributed by atoms with Gasteiger partial charge in [0, 0.05) is 37.8 Å². The van der Waals surface area contributed by atoms with Gasteiger partial charge in [-0.25, -0.2) is 9.78 Å². The van der Waals surface area contributed by atoms with Crippen molar-refractivity contribution < 1.29 is 28.5 Å². The van der Waals surface area contributed by atoms with Gasteiger partial charge in [-0.1, -0.05) is 12.1 Å². The number of hydrogen-bond acceptors (Lipinski definition) is 10. The Morgan fingerprint density at radius 3 is 2.64 bits per heavy atom. The molecule has 4 heterocycles. The van der Waals surface area contributed by atoms with Crippen LogP contribution in [0.2, 0.25) is 0 Å². The number of fused-ring (bicyclic) bond motifs is 3. The number of pyridine rings is 1. The number of carbonyl (C=O) groups is 2. The second-order valence-corrected chi connectivity index (χ2v) is 11.5. The van der Waals surface area contributed by atoms with E-state index in [2.05, 4.69) is 15.2 Å². The highest BCUT2D eigenvalue weighted by atomic mass is 16.6. The van der Waals surface area contributed by atoms with Crippen LogP contribution in [0.15, 0.2) is 59.6 Å². The smallest absolute Gasteiger partial charge is 0.416 e. The number of rotatable bonds is 9. The van der Waals surface area contributed by atoms with Gasteiger partial charge in [0.2, 0.25) is 0 Å². The molecule has 3 aliphatic heterocycles. The molecular formula is C33H36N6O6. The lowest BCUT2D eigenvalue weighted by molar-refractivity contribution is -0.121. The van der Waals surface area contributed by atoms with E-state index in [1.807, 2.05) is 48.7 Å². The second-order valence-electron chi connectivity index (χ2n) is 11.5. The zero-order valence-corrected chi connectivity index (χ0v) is 25.3. The monoisotopic (exact) mass is 612 g/mol. The lowest BCUT2D eigenvalue weighted by Crippen LogP contribution is -2.47. The summed E-state index contributed by atoms with van der Waals surface area (Å²) in [4.78, 5) is 41.0. The predicted molar refractivity (Wildman–Crippen MR) is 169 cm³/mol. The fourth-order valence-corrected chi connectivity index (χ4v) is 6.53. The van der Waals surface area contributed by atoms with Crippen LogP contribution in [0.25, 0.3) is 0 Å². The van der Waals surface area contributed by atoms with Gasteiger partial charge in [0.1, 0.15) is 23.4 Å². The molecule has 1 N–H and O–H groups in total. The van der Waals surface area contributed by atoms with Crippen LogP contribution < -0.4 is 34.2 Å². The Hall–Kier alpha value is -4.84. The van der Waals surface area contributed by atoms with E-state index >= 15 is 0 Å². The highest BCUT2D eigenvalue weighted by Crippen LogP contribution is 2.39.